The van der Waals surface area contributed by atoms with Gasteiger partial charge in [0.1, 0.15) is 6.10 Å². The number of aromatic nitrogens is 2. The highest BCUT2D eigenvalue weighted by atomic mass is 16.5. The fourth-order valence-electron chi connectivity index (χ4n) is 3.76. The van der Waals surface area contributed by atoms with Gasteiger partial charge in [-0.3, -0.25) is 4.79 Å². The summed E-state index contributed by atoms with van der Waals surface area (Å²) in [6.45, 7) is 0. The molecule has 0 spiro atoms. The van der Waals surface area contributed by atoms with Crippen molar-refractivity contribution >= 4 is 5.91 Å². The number of carbonyl (C=O) groups is 1. The van der Waals surface area contributed by atoms with Crippen molar-refractivity contribution in [1.29, 1.82) is 0 Å². The maximum Gasteiger partial charge on any atom is 0.248 e. The lowest BCUT2D eigenvalue weighted by atomic mass is 9.81. The summed E-state index contributed by atoms with van der Waals surface area (Å²) < 4.78 is 8.24. The van der Waals surface area contributed by atoms with Crippen LogP contribution in [0.3, 0.4) is 0 Å². The summed E-state index contributed by atoms with van der Waals surface area (Å²) in [7, 11) is 0. The van der Waals surface area contributed by atoms with Crippen LogP contribution in [0, 0.1) is 0 Å². The standard InChI is InChI=1S/C18H13N3O2/c19-17(22)11-6-7-13-15(10-11)18(21-9-3-8-20-21)14-5-2-1-4-12(14)16(13)23-18/h1-10,16H,(H2,19,22). The van der Waals surface area contributed by atoms with E-state index < -0.39 is 11.6 Å². The summed E-state index contributed by atoms with van der Waals surface area (Å²) in [4.78, 5) is 11.6. The van der Waals surface area contributed by atoms with E-state index in [1.807, 2.05) is 41.2 Å². The molecule has 112 valence electrons. The molecule has 2 aliphatic rings. The highest BCUT2D eigenvalue weighted by molar-refractivity contribution is 5.93. The SMILES string of the molecule is NC(=O)c1ccc2c(c1)C1(n3cccn3)OC2c2ccccc21. The first kappa shape index (κ1) is 12.6. The predicted molar refractivity (Wildman–Crippen MR) is 82.7 cm³/mol. The van der Waals surface area contributed by atoms with Gasteiger partial charge >= 0.3 is 0 Å². The number of carbonyl (C=O) groups excluding carboxylic acids is 1. The van der Waals surface area contributed by atoms with Crippen LogP contribution >= 0.6 is 0 Å². The van der Waals surface area contributed by atoms with Crippen LogP contribution in [0.1, 0.15) is 38.7 Å². The molecule has 2 aromatic carbocycles. The van der Waals surface area contributed by atoms with Gasteiger partial charge < -0.3 is 10.5 Å². The molecule has 1 amide bonds. The molecular formula is C18H13N3O2. The lowest BCUT2D eigenvalue weighted by Crippen LogP contribution is -2.35. The smallest absolute Gasteiger partial charge is 0.248 e. The molecule has 2 atom stereocenters. The second kappa shape index (κ2) is 4.08. The lowest BCUT2D eigenvalue weighted by molar-refractivity contribution is -0.0350. The number of nitrogens with zero attached hydrogens (tertiary/aromatic N) is 2. The number of nitrogens with two attached hydrogens (primary N) is 1. The maximum atomic E-state index is 11.6. The summed E-state index contributed by atoms with van der Waals surface area (Å²) in [5, 5.41) is 4.42. The van der Waals surface area contributed by atoms with E-state index in [1.165, 1.54) is 0 Å². The van der Waals surface area contributed by atoms with Gasteiger partial charge in [0, 0.05) is 29.1 Å². The average molecular weight is 303 g/mol. The fourth-order valence-corrected chi connectivity index (χ4v) is 3.76. The largest absolute Gasteiger partial charge is 0.366 e. The molecule has 23 heavy (non-hydrogen) atoms. The number of primary amides is 1. The molecule has 0 fully saturated rings. The summed E-state index contributed by atoms with van der Waals surface area (Å²) >= 11 is 0. The number of benzene rings is 2. The Labute approximate surface area is 132 Å². The summed E-state index contributed by atoms with van der Waals surface area (Å²) in [5.74, 6) is -0.445. The molecule has 3 heterocycles. The number of rotatable bonds is 2. The summed E-state index contributed by atoms with van der Waals surface area (Å²) in [6, 6.07) is 15.5. The van der Waals surface area contributed by atoms with Crippen LogP contribution in [0.15, 0.2) is 60.9 Å². The van der Waals surface area contributed by atoms with Gasteiger partial charge in [0.2, 0.25) is 11.6 Å². The van der Waals surface area contributed by atoms with Gasteiger partial charge in [-0.25, -0.2) is 4.68 Å². The summed E-state index contributed by atoms with van der Waals surface area (Å²) in [6.07, 6.45) is 3.46. The zero-order valence-electron chi connectivity index (χ0n) is 12.1. The van der Waals surface area contributed by atoms with Crippen molar-refractivity contribution in [1.82, 2.24) is 9.78 Å². The van der Waals surface area contributed by atoms with Crippen LogP contribution in [-0.2, 0) is 10.5 Å². The predicted octanol–water partition coefficient (Wildman–Crippen LogP) is 2.16. The molecular weight excluding hydrogens is 290 g/mol. The first-order valence-electron chi connectivity index (χ1n) is 7.43. The Kier molecular flexibility index (Phi) is 2.24. The van der Waals surface area contributed by atoms with Crippen LogP contribution in [0.5, 0.6) is 0 Å². The Bertz CT molecular complexity index is 949. The lowest BCUT2D eigenvalue weighted by Gasteiger charge is -2.29. The molecule has 0 saturated heterocycles. The van der Waals surface area contributed by atoms with Crippen LogP contribution in [-0.4, -0.2) is 15.7 Å². The molecule has 5 rings (SSSR count). The molecule has 0 saturated carbocycles. The number of hydrogen-bond donors (Lipinski definition) is 1. The van der Waals surface area contributed by atoms with E-state index in [-0.39, 0.29) is 6.10 Å². The van der Waals surface area contributed by atoms with E-state index in [2.05, 4.69) is 17.2 Å². The van der Waals surface area contributed by atoms with Crippen molar-refractivity contribution in [3.8, 4) is 0 Å². The van der Waals surface area contributed by atoms with Gasteiger partial charge in [-0.15, -0.1) is 0 Å². The first-order chi connectivity index (χ1) is 11.2. The van der Waals surface area contributed by atoms with Crippen molar-refractivity contribution in [2.75, 3.05) is 0 Å². The second-order valence-corrected chi connectivity index (χ2v) is 5.85. The normalized spacial score (nSPS) is 23.6. The molecule has 5 heteroatoms. The molecule has 0 radical (unpaired) electrons. The van der Waals surface area contributed by atoms with Crippen molar-refractivity contribution in [2.45, 2.75) is 11.8 Å². The van der Waals surface area contributed by atoms with E-state index in [0.717, 1.165) is 22.3 Å². The van der Waals surface area contributed by atoms with Gasteiger partial charge in [0.05, 0.1) is 0 Å². The quantitative estimate of drug-likeness (QED) is 0.788. The number of ether oxygens (including phenoxy) is 1. The van der Waals surface area contributed by atoms with Crippen LogP contribution < -0.4 is 5.73 Å². The molecule has 2 N–H and O–H groups in total. The third-order valence-electron chi connectivity index (χ3n) is 4.71. The average Bonchev–Trinajstić information content (AvgIpc) is 3.28. The van der Waals surface area contributed by atoms with E-state index in [4.69, 9.17) is 10.5 Å². The third kappa shape index (κ3) is 1.40. The molecule has 2 aliphatic heterocycles. The van der Waals surface area contributed by atoms with Crippen LogP contribution in [0.25, 0.3) is 0 Å². The molecule has 2 unspecified atom stereocenters. The second-order valence-electron chi connectivity index (χ2n) is 5.85. The van der Waals surface area contributed by atoms with Crippen molar-refractivity contribution in [3.63, 3.8) is 0 Å². The third-order valence-corrected chi connectivity index (χ3v) is 4.71. The van der Waals surface area contributed by atoms with Gasteiger partial charge in [-0.1, -0.05) is 30.3 Å². The minimum absolute atomic E-state index is 0.146. The van der Waals surface area contributed by atoms with Crippen LogP contribution in [0.4, 0.5) is 0 Å². The van der Waals surface area contributed by atoms with Gasteiger partial charge in [-0.05, 0) is 29.3 Å². The van der Waals surface area contributed by atoms with Crippen molar-refractivity contribution in [2.24, 2.45) is 5.73 Å². The highest BCUT2D eigenvalue weighted by Crippen LogP contribution is 2.58. The van der Waals surface area contributed by atoms with Crippen LogP contribution in [0.2, 0.25) is 0 Å². The monoisotopic (exact) mass is 303 g/mol. The maximum absolute atomic E-state index is 11.6. The Balaban J connectivity index is 1.87. The molecule has 5 nitrogen and oxygen atoms in total. The van der Waals surface area contributed by atoms with Crippen molar-refractivity contribution < 1.29 is 9.53 Å². The first-order valence-corrected chi connectivity index (χ1v) is 7.43. The fraction of sp³-hybridized carbons (Fsp3) is 0.111. The molecule has 0 aliphatic carbocycles. The van der Waals surface area contributed by atoms with Crippen molar-refractivity contribution in [3.05, 3.63) is 88.7 Å². The topological polar surface area (TPSA) is 70.1 Å². The Morgan fingerprint density at radius 3 is 2.74 bits per heavy atom. The van der Waals surface area contributed by atoms with Gasteiger partial charge in [-0.2, -0.15) is 5.10 Å². The van der Waals surface area contributed by atoms with E-state index in [1.54, 1.807) is 12.3 Å². The van der Waals surface area contributed by atoms with E-state index in [9.17, 15) is 4.79 Å². The molecule has 1 aromatic heterocycles. The van der Waals surface area contributed by atoms with E-state index in [0.29, 0.717) is 5.56 Å². The zero-order valence-corrected chi connectivity index (χ0v) is 12.1. The Morgan fingerprint density at radius 1 is 1.13 bits per heavy atom. The van der Waals surface area contributed by atoms with Gasteiger partial charge in [0.15, 0.2) is 0 Å². The Morgan fingerprint density at radius 2 is 1.96 bits per heavy atom. The number of amides is 1. The minimum Gasteiger partial charge on any atom is -0.366 e. The molecule has 3 aromatic rings. The zero-order chi connectivity index (χ0) is 15.6. The van der Waals surface area contributed by atoms with Gasteiger partial charge in [0.25, 0.3) is 0 Å². The number of fused-ring (bicyclic) bond motifs is 8. The summed E-state index contributed by atoms with van der Waals surface area (Å²) in [5.41, 5.74) is 9.30. The highest BCUT2D eigenvalue weighted by Gasteiger charge is 2.56. The van der Waals surface area contributed by atoms with E-state index >= 15 is 0 Å². The number of hydrogen-bond acceptors (Lipinski definition) is 3. The minimum atomic E-state index is -0.828. The Hall–Kier alpha value is -2.92. The molecule has 2 bridgehead atoms.